The van der Waals surface area contributed by atoms with E-state index < -0.39 is 4.92 Å². The van der Waals surface area contributed by atoms with Crippen LogP contribution in [0.2, 0.25) is 0 Å². The number of nitrogens with two attached hydrogens (primary N) is 1. The third-order valence-electron chi connectivity index (χ3n) is 4.09. The molecule has 1 unspecified atom stereocenters. The Morgan fingerprint density at radius 1 is 1.41 bits per heavy atom. The first-order valence-electron chi connectivity index (χ1n) is 7.14. The highest BCUT2D eigenvalue weighted by molar-refractivity contribution is 5.97. The third kappa shape index (κ3) is 2.45. The largest absolute Gasteiger partial charge is 0.369 e. The van der Waals surface area contributed by atoms with Crippen molar-refractivity contribution in [2.24, 2.45) is 11.7 Å². The quantitative estimate of drug-likeness (QED) is 0.688. The second-order valence-electron chi connectivity index (χ2n) is 5.45. The number of carbonyl (C=O) groups is 1. The number of amides is 1. The van der Waals surface area contributed by atoms with Crippen molar-refractivity contribution in [3.8, 4) is 0 Å². The fourth-order valence-corrected chi connectivity index (χ4v) is 2.99. The Hall–Kier alpha value is -2.70. The van der Waals surface area contributed by atoms with Crippen molar-refractivity contribution in [3.63, 3.8) is 0 Å². The van der Waals surface area contributed by atoms with E-state index in [1.54, 1.807) is 24.4 Å². The van der Waals surface area contributed by atoms with Crippen molar-refractivity contribution in [1.82, 2.24) is 4.98 Å². The molecule has 22 heavy (non-hydrogen) atoms. The number of carbonyl (C=O) groups excluding carboxylic acids is 1. The molecule has 1 atom stereocenters. The van der Waals surface area contributed by atoms with Gasteiger partial charge in [-0.2, -0.15) is 0 Å². The van der Waals surface area contributed by atoms with Gasteiger partial charge in [0, 0.05) is 25.4 Å². The van der Waals surface area contributed by atoms with E-state index in [1.165, 1.54) is 6.07 Å². The number of hydrogen-bond donors (Lipinski definition) is 1. The lowest BCUT2D eigenvalue weighted by molar-refractivity contribution is -0.383. The second-order valence-corrected chi connectivity index (χ2v) is 5.45. The molecule has 0 spiro atoms. The van der Waals surface area contributed by atoms with Gasteiger partial charge in [0.1, 0.15) is 5.52 Å². The zero-order chi connectivity index (χ0) is 15.7. The first-order chi connectivity index (χ1) is 10.6. The summed E-state index contributed by atoms with van der Waals surface area (Å²) < 4.78 is 0. The molecule has 1 aliphatic rings. The van der Waals surface area contributed by atoms with Crippen molar-refractivity contribution in [2.75, 3.05) is 18.0 Å². The predicted molar refractivity (Wildman–Crippen MR) is 82.5 cm³/mol. The zero-order valence-electron chi connectivity index (χ0n) is 11.9. The summed E-state index contributed by atoms with van der Waals surface area (Å²) in [6.45, 7) is 1.31. The summed E-state index contributed by atoms with van der Waals surface area (Å²) in [6.07, 6.45) is 3.26. The smallest absolute Gasteiger partial charge is 0.278 e. The molecule has 0 aliphatic carbocycles. The molecule has 3 rings (SSSR count). The standard InChI is InChI=1S/C15H16N4O3/c16-15(20)10-3-2-8-18(9-10)13-6-5-12(19(21)22)11-4-1-7-17-14(11)13/h1,4-7,10H,2-3,8-9H2,(H2,16,20). The van der Waals surface area contributed by atoms with Crippen LogP contribution in [0.3, 0.4) is 0 Å². The Morgan fingerprint density at radius 3 is 2.95 bits per heavy atom. The number of primary amides is 1. The predicted octanol–water partition coefficient (Wildman–Crippen LogP) is 1.84. The van der Waals surface area contributed by atoms with Gasteiger partial charge < -0.3 is 10.6 Å². The minimum atomic E-state index is -0.407. The first kappa shape index (κ1) is 14.2. The zero-order valence-corrected chi connectivity index (χ0v) is 11.9. The van der Waals surface area contributed by atoms with Gasteiger partial charge in [-0.3, -0.25) is 19.9 Å². The molecule has 2 aromatic rings. The van der Waals surface area contributed by atoms with Crippen LogP contribution in [0.5, 0.6) is 0 Å². The van der Waals surface area contributed by atoms with Gasteiger partial charge in [-0.25, -0.2) is 0 Å². The van der Waals surface area contributed by atoms with Crippen LogP contribution in [0.1, 0.15) is 12.8 Å². The topological polar surface area (TPSA) is 102 Å². The molecule has 7 nitrogen and oxygen atoms in total. The van der Waals surface area contributed by atoms with E-state index in [-0.39, 0.29) is 17.5 Å². The summed E-state index contributed by atoms with van der Waals surface area (Å²) in [7, 11) is 0. The Bertz CT molecular complexity index is 747. The molecule has 0 saturated carbocycles. The summed E-state index contributed by atoms with van der Waals surface area (Å²) in [5.74, 6) is -0.494. The van der Waals surface area contributed by atoms with E-state index in [0.717, 1.165) is 25.1 Å². The number of fused-ring (bicyclic) bond motifs is 1. The van der Waals surface area contributed by atoms with Crippen LogP contribution >= 0.6 is 0 Å². The van der Waals surface area contributed by atoms with Crippen LogP contribution in [-0.2, 0) is 4.79 Å². The van der Waals surface area contributed by atoms with Gasteiger partial charge in [-0.15, -0.1) is 0 Å². The lowest BCUT2D eigenvalue weighted by Gasteiger charge is -2.33. The van der Waals surface area contributed by atoms with Crippen LogP contribution in [0, 0.1) is 16.0 Å². The molecule has 1 aromatic carbocycles. The number of nitro benzene ring substituents is 1. The Kier molecular flexibility index (Phi) is 3.62. The summed E-state index contributed by atoms with van der Waals surface area (Å²) >= 11 is 0. The normalized spacial score (nSPS) is 18.4. The monoisotopic (exact) mass is 300 g/mol. The van der Waals surface area contributed by atoms with Crippen LogP contribution in [0.15, 0.2) is 30.5 Å². The van der Waals surface area contributed by atoms with Gasteiger partial charge in [0.05, 0.1) is 21.9 Å². The average Bonchev–Trinajstić information content (AvgIpc) is 2.53. The molecule has 1 fully saturated rings. The summed E-state index contributed by atoms with van der Waals surface area (Å²) in [6, 6.07) is 6.57. The number of aromatic nitrogens is 1. The highest BCUT2D eigenvalue weighted by atomic mass is 16.6. The Labute approximate surface area is 126 Å². The number of benzene rings is 1. The van der Waals surface area contributed by atoms with Crippen molar-refractivity contribution in [3.05, 3.63) is 40.6 Å². The SMILES string of the molecule is NC(=O)C1CCCN(c2ccc([N+](=O)[O-])c3cccnc23)C1. The maximum Gasteiger partial charge on any atom is 0.278 e. The fraction of sp³-hybridized carbons (Fsp3) is 0.333. The van der Waals surface area contributed by atoms with Gasteiger partial charge in [-0.05, 0) is 31.0 Å². The lowest BCUT2D eigenvalue weighted by Crippen LogP contribution is -2.41. The van der Waals surface area contributed by atoms with Gasteiger partial charge >= 0.3 is 0 Å². The van der Waals surface area contributed by atoms with Crippen LogP contribution in [-0.4, -0.2) is 28.9 Å². The fourth-order valence-electron chi connectivity index (χ4n) is 2.99. The lowest BCUT2D eigenvalue weighted by atomic mass is 9.96. The number of nitrogens with zero attached hydrogens (tertiary/aromatic N) is 3. The number of piperidine rings is 1. The van der Waals surface area contributed by atoms with Crippen molar-refractivity contribution in [2.45, 2.75) is 12.8 Å². The number of nitro groups is 1. The van der Waals surface area contributed by atoms with E-state index in [2.05, 4.69) is 4.98 Å². The van der Waals surface area contributed by atoms with Crippen LogP contribution in [0.4, 0.5) is 11.4 Å². The van der Waals surface area contributed by atoms with E-state index in [0.29, 0.717) is 17.4 Å². The van der Waals surface area contributed by atoms with E-state index in [1.807, 2.05) is 4.90 Å². The minimum Gasteiger partial charge on any atom is -0.369 e. The highest BCUT2D eigenvalue weighted by Crippen LogP contribution is 2.33. The van der Waals surface area contributed by atoms with Gasteiger partial charge in [-0.1, -0.05) is 0 Å². The molecule has 2 N–H and O–H groups in total. The number of rotatable bonds is 3. The number of non-ortho nitro benzene ring substituents is 1. The van der Waals surface area contributed by atoms with Crippen molar-refractivity contribution in [1.29, 1.82) is 0 Å². The molecule has 1 saturated heterocycles. The maximum atomic E-state index is 11.4. The first-order valence-corrected chi connectivity index (χ1v) is 7.14. The van der Waals surface area contributed by atoms with Gasteiger partial charge in [0.25, 0.3) is 5.69 Å². The number of anilines is 1. The van der Waals surface area contributed by atoms with Crippen molar-refractivity contribution < 1.29 is 9.72 Å². The van der Waals surface area contributed by atoms with E-state index >= 15 is 0 Å². The number of hydrogen-bond acceptors (Lipinski definition) is 5. The molecule has 1 aromatic heterocycles. The van der Waals surface area contributed by atoms with E-state index in [9.17, 15) is 14.9 Å². The van der Waals surface area contributed by atoms with Crippen LogP contribution < -0.4 is 10.6 Å². The maximum absolute atomic E-state index is 11.4. The van der Waals surface area contributed by atoms with Gasteiger partial charge in [0.2, 0.25) is 5.91 Å². The van der Waals surface area contributed by atoms with Gasteiger partial charge in [0.15, 0.2) is 0 Å². The molecule has 114 valence electrons. The third-order valence-corrected chi connectivity index (χ3v) is 4.09. The summed E-state index contributed by atoms with van der Waals surface area (Å²) in [4.78, 5) is 28.5. The van der Waals surface area contributed by atoms with Crippen LogP contribution in [0.25, 0.3) is 10.9 Å². The molecule has 1 aliphatic heterocycles. The average molecular weight is 300 g/mol. The highest BCUT2D eigenvalue weighted by Gasteiger charge is 2.26. The second kappa shape index (κ2) is 5.59. The molecule has 2 heterocycles. The molecular weight excluding hydrogens is 284 g/mol. The Balaban J connectivity index is 2.06. The number of pyridine rings is 1. The molecule has 7 heteroatoms. The molecular formula is C15H16N4O3. The van der Waals surface area contributed by atoms with E-state index in [4.69, 9.17) is 5.73 Å². The Morgan fingerprint density at radius 2 is 2.23 bits per heavy atom. The molecule has 0 bridgehead atoms. The molecule has 0 radical (unpaired) electrons. The van der Waals surface area contributed by atoms with Crippen molar-refractivity contribution >= 4 is 28.2 Å². The minimum absolute atomic E-state index is 0.0373. The summed E-state index contributed by atoms with van der Waals surface area (Å²) in [5.41, 5.74) is 6.85. The summed E-state index contributed by atoms with van der Waals surface area (Å²) in [5, 5.41) is 11.7. The molecule has 1 amide bonds.